The van der Waals surface area contributed by atoms with Gasteiger partial charge in [0, 0.05) is 32.7 Å². The van der Waals surface area contributed by atoms with Crippen LogP contribution in [0.5, 0.6) is 0 Å². The Hall–Kier alpha value is -3.54. The van der Waals surface area contributed by atoms with Crippen molar-refractivity contribution < 1.29 is 18.5 Å². The number of aromatic nitrogens is 2. The Morgan fingerprint density at radius 3 is 2.69 bits per heavy atom. The molecule has 1 aliphatic heterocycles. The Labute approximate surface area is 190 Å². The van der Waals surface area contributed by atoms with Gasteiger partial charge >= 0.3 is 5.69 Å². The van der Waals surface area contributed by atoms with E-state index in [2.05, 4.69) is 31.2 Å². The van der Waals surface area contributed by atoms with Gasteiger partial charge in [-0.05, 0) is 45.8 Å². The molecule has 3 heterocycles. The molecule has 1 fully saturated rings. The van der Waals surface area contributed by atoms with Gasteiger partial charge < -0.3 is 19.5 Å². The summed E-state index contributed by atoms with van der Waals surface area (Å²) in [5.41, 5.74) is 0.470. The van der Waals surface area contributed by atoms with Crippen molar-refractivity contribution in [3.05, 3.63) is 74.7 Å². The highest BCUT2D eigenvalue weighted by Gasteiger charge is 2.31. The number of hydrogen-bond acceptors (Lipinski definition) is 8. The van der Waals surface area contributed by atoms with Gasteiger partial charge in [-0.1, -0.05) is 6.07 Å². The molecule has 166 valence electrons. The monoisotopic (exact) mass is 504 g/mol. The van der Waals surface area contributed by atoms with Crippen LogP contribution >= 0.6 is 15.9 Å². The van der Waals surface area contributed by atoms with Gasteiger partial charge in [-0.2, -0.15) is 0 Å². The summed E-state index contributed by atoms with van der Waals surface area (Å²) in [5, 5.41) is 14.8. The number of furan rings is 1. The minimum Gasteiger partial charge on any atom is -0.459 e. The number of nitro groups is 1. The van der Waals surface area contributed by atoms with E-state index in [9.17, 15) is 19.3 Å². The summed E-state index contributed by atoms with van der Waals surface area (Å²) >= 11 is 3.12. The summed E-state index contributed by atoms with van der Waals surface area (Å²) in [6, 6.07) is 7.72. The molecule has 1 aliphatic rings. The Kier molecular flexibility index (Phi) is 6.30. The van der Waals surface area contributed by atoms with E-state index >= 15 is 0 Å². The van der Waals surface area contributed by atoms with Gasteiger partial charge in [0.25, 0.3) is 5.91 Å². The van der Waals surface area contributed by atoms with E-state index in [4.69, 9.17) is 4.42 Å². The van der Waals surface area contributed by atoms with Crippen LogP contribution in [0.2, 0.25) is 0 Å². The average molecular weight is 505 g/mol. The van der Waals surface area contributed by atoms with E-state index < -0.39 is 10.7 Å². The maximum Gasteiger partial charge on any atom is 0.353 e. The Morgan fingerprint density at radius 2 is 2.03 bits per heavy atom. The Morgan fingerprint density at radius 1 is 1.25 bits per heavy atom. The van der Waals surface area contributed by atoms with Crippen molar-refractivity contribution >= 4 is 39.2 Å². The molecule has 4 rings (SSSR count). The van der Waals surface area contributed by atoms with Gasteiger partial charge in [-0.3, -0.25) is 14.9 Å². The molecule has 2 aromatic heterocycles. The van der Waals surface area contributed by atoms with Crippen molar-refractivity contribution in [3.63, 3.8) is 0 Å². The van der Waals surface area contributed by atoms with Crippen LogP contribution < -0.4 is 10.2 Å². The molecule has 0 radical (unpaired) electrons. The number of carbonyl (C=O) groups excluding carboxylic acids is 1. The predicted molar refractivity (Wildman–Crippen MR) is 117 cm³/mol. The summed E-state index contributed by atoms with van der Waals surface area (Å²) in [6.45, 7) is 1.69. The highest BCUT2D eigenvalue weighted by Crippen LogP contribution is 2.32. The first-order valence-electron chi connectivity index (χ1n) is 9.69. The smallest absolute Gasteiger partial charge is 0.353 e. The summed E-state index contributed by atoms with van der Waals surface area (Å²) in [6.07, 6.45) is 2.69. The number of rotatable bonds is 6. The van der Waals surface area contributed by atoms with Crippen LogP contribution in [-0.4, -0.2) is 51.9 Å². The predicted octanol–water partition coefficient (Wildman–Crippen LogP) is 3.45. The lowest BCUT2D eigenvalue weighted by molar-refractivity contribution is -0.383. The summed E-state index contributed by atoms with van der Waals surface area (Å²) < 4.78 is 18.9. The van der Waals surface area contributed by atoms with Crippen LogP contribution in [0.3, 0.4) is 0 Å². The largest absolute Gasteiger partial charge is 0.459 e. The third kappa shape index (κ3) is 4.54. The van der Waals surface area contributed by atoms with Gasteiger partial charge in [0.15, 0.2) is 5.76 Å². The standard InChI is InChI=1S/C20H18BrFN6O4/c21-14-10-13(3-4-15(14)22)11-23-18-17(28(30)31)19(25-12-24-18)26-5-7-27(8-6-26)20(29)16-2-1-9-32-16/h1-4,9-10,12H,5-8,11H2,(H,23,24,25). The Balaban J connectivity index is 1.49. The number of anilines is 2. The van der Waals surface area contributed by atoms with Crippen LogP contribution in [0, 0.1) is 15.9 Å². The van der Waals surface area contributed by atoms with Crippen LogP contribution in [0.25, 0.3) is 0 Å². The third-order valence-corrected chi connectivity index (χ3v) is 5.64. The summed E-state index contributed by atoms with van der Waals surface area (Å²) in [4.78, 5) is 35.3. The second kappa shape index (κ2) is 9.30. The van der Waals surface area contributed by atoms with E-state index in [0.717, 1.165) is 5.56 Å². The van der Waals surface area contributed by atoms with Crippen LogP contribution in [0.15, 0.2) is 51.8 Å². The lowest BCUT2D eigenvalue weighted by Gasteiger charge is -2.34. The zero-order valence-electron chi connectivity index (χ0n) is 16.7. The fourth-order valence-corrected chi connectivity index (χ4v) is 3.84. The number of hydrogen-bond donors (Lipinski definition) is 1. The van der Waals surface area contributed by atoms with Crippen molar-refractivity contribution in [3.8, 4) is 0 Å². The molecule has 0 unspecified atom stereocenters. The molecule has 0 atom stereocenters. The summed E-state index contributed by atoms with van der Waals surface area (Å²) in [7, 11) is 0. The number of benzene rings is 1. The van der Waals surface area contributed by atoms with Crippen molar-refractivity contribution in [2.45, 2.75) is 6.54 Å². The molecule has 1 N–H and O–H groups in total. The molecule has 0 spiro atoms. The topological polar surface area (TPSA) is 118 Å². The average Bonchev–Trinajstić information content (AvgIpc) is 3.34. The normalized spacial score (nSPS) is 13.8. The highest BCUT2D eigenvalue weighted by atomic mass is 79.9. The maximum absolute atomic E-state index is 13.4. The second-order valence-corrected chi connectivity index (χ2v) is 7.86. The van der Waals surface area contributed by atoms with Gasteiger partial charge in [-0.25, -0.2) is 14.4 Å². The van der Waals surface area contributed by atoms with E-state index in [0.29, 0.717) is 30.7 Å². The zero-order chi connectivity index (χ0) is 22.7. The van der Waals surface area contributed by atoms with Crippen LogP contribution in [-0.2, 0) is 6.54 Å². The van der Waals surface area contributed by atoms with Crippen molar-refractivity contribution in [1.82, 2.24) is 14.9 Å². The second-order valence-electron chi connectivity index (χ2n) is 7.01. The number of nitrogens with one attached hydrogen (secondary N) is 1. The number of halogens is 2. The maximum atomic E-state index is 13.4. The molecule has 0 saturated carbocycles. The minimum absolute atomic E-state index is 0.0644. The molecule has 0 aliphatic carbocycles. The van der Waals surface area contributed by atoms with Crippen molar-refractivity contribution in [2.75, 3.05) is 36.4 Å². The number of carbonyl (C=O) groups is 1. The molecular weight excluding hydrogens is 487 g/mol. The summed E-state index contributed by atoms with van der Waals surface area (Å²) in [5.74, 6) is -0.119. The molecule has 3 aromatic rings. The molecule has 0 bridgehead atoms. The number of nitrogens with zero attached hydrogens (tertiary/aromatic N) is 5. The zero-order valence-corrected chi connectivity index (χ0v) is 18.3. The quantitative estimate of drug-likeness (QED) is 0.400. The lowest BCUT2D eigenvalue weighted by atomic mass is 10.2. The Bertz CT molecular complexity index is 1140. The van der Waals surface area contributed by atoms with Crippen molar-refractivity contribution in [2.24, 2.45) is 0 Å². The van der Waals surface area contributed by atoms with E-state index in [-0.39, 0.29) is 35.5 Å². The molecular formula is C20H18BrFN6O4. The number of piperazine rings is 1. The third-order valence-electron chi connectivity index (χ3n) is 5.03. The molecule has 1 saturated heterocycles. The first kappa shape index (κ1) is 21.7. The fourth-order valence-electron chi connectivity index (χ4n) is 3.41. The SMILES string of the molecule is O=C(c1ccco1)N1CCN(c2ncnc(NCc3ccc(F)c(Br)c3)c2[N+](=O)[O-])CC1. The minimum atomic E-state index is -0.529. The van der Waals surface area contributed by atoms with Crippen LogP contribution in [0.1, 0.15) is 16.1 Å². The highest BCUT2D eigenvalue weighted by molar-refractivity contribution is 9.10. The molecule has 10 nitrogen and oxygen atoms in total. The first-order chi connectivity index (χ1) is 15.4. The number of amides is 1. The van der Waals surface area contributed by atoms with Crippen LogP contribution in [0.4, 0.5) is 21.7 Å². The lowest BCUT2D eigenvalue weighted by Crippen LogP contribution is -2.49. The van der Waals surface area contributed by atoms with Gasteiger partial charge in [-0.15, -0.1) is 0 Å². The first-order valence-corrected chi connectivity index (χ1v) is 10.5. The fraction of sp³-hybridized carbons (Fsp3) is 0.250. The van der Waals surface area contributed by atoms with E-state index in [1.54, 1.807) is 34.1 Å². The van der Waals surface area contributed by atoms with E-state index in [1.165, 1.54) is 18.7 Å². The molecule has 1 aromatic carbocycles. The van der Waals surface area contributed by atoms with Gasteiger partial charge in [0.1, 0.15) is 12.1 Å². The van der Waals surface area contributed by atoms with Crippen molar-refractivity contribution in [1.29, 1.82) is 0 Å². The van der Waals surface area contributed by atoms with Gasteiger partial charge in [0.05, 0.1) is 15.7 Å². The van der Waals surface area contributed by atoms with E-state index in [1.807, 2.05) is 0 Å². The molecule has 32 heavy (non-hydrogen) atoms. The molecule has 1 amide bonds. The van der Waals surface area contributed by atoms with Gasteiger partial charge in [0.2, 0.25) is 11.6 Å². The molecule has 12 heteroatoms.